The van der Waals surface area contributed by atoms with E-state index in [0.717, 1.165) is 38.2 Å². The second-order valence-corrected chi connectivity index (χ2v) is 6.25. The Kier molecular flexibility index (Phi) is 4.27. The Hall–Kier alpha value is -2.25. The number of pyridine rings is 1. The molecule has 4 heterocycles. The molecule has 1 amide bonds. The Labute approximate surface area is 140 Å². The van der Waals surface area contributed by atoms with Gasteiger partial charge in [-0.2, -0.15) is 0 Å². The van der Waals surface area contributed by atoms with Gasteiger partial charge in [0.2, 0.25) is 5.76 Å². The first kappa shape index (κ1) is 15.3. The minimum atomic E-state index is -0.245. The average Bonchev–Trinajstić information content (AvgIpc) is 3.26. The number of fused-ring (bicyclic) bond motifs is 1. The molecule has 2 fully saturated rings. The number of nitrogens with one attached hydrogen (secondary N) is 1. The van der Waals surface area contributed by atoms with Crippen LogP contribution >= 0.6 is 0 Å². The summed E-state index contributed by atoms with van der Waals surface area (Å²) in [5.41, 5.74) is 1.03. The van der Waals surface area contributed by atoms with Gasteiger partial charge in [0.15, 0.2) is 0 Å². The molecule has 2 aromatic rings. The zero-order valence-corrected chi connectivity index (χ0v) is 13.3. The fourth-order valence-electron chi connectivity index (χ4n) is 3.64. The van der Waals surface area contributed by atoms with Gasteiger partial charge in [0.25, 0.3) is 5.91 Å². The lowest BCUT2D eigenvalue weighted by atomic mass is 10.0. The molecule has 0 unspecified atom stereocenters. The largest absolute Gasteiger partial charge is 0.374 e. The van der Waals surface area contributed by atoms with E-state index < -0.39 is 0 Å². The lowest BCUT2D eigenvalue weighted by Gasteiger charge is -2.32. The van der Waals surface area contributed by atoms with Crippen LogP contribution in [0.15, 0.2) is 41.2 Å². The minimum Gasteiger partial charge on any atom is -0.374 e. The van der Waals surface area contributed by atoms with Crippen molar-refractivity contribution < 1.29 is 14.1 Å². The van der Waals surface area contributed by atoms with E-state index in [9.17, 15) is 4.79 Å². The molecule has 0 aliphatic carbocycles. The van der Waals surface area contributed by atoms with Crippen LogP contribution in [0, 0.1) is 0 Å². The van der Waals surface area contributed by atoms with Gasteiger partial charge in [0, 0.05) is 38.0 Å². The number of likely N-dealkylation sites (tertiary alicyclic amines) is 1. The van der Waals surface area contributed by atoms with Crippen LogP contribution in [0.4, 0.5) is 0 Å². The minimum absolute atomic E-state index is 0.00864. The van der Waals surface area contributed by atoms with E-state index in [2.05, 4.69) is 20.4 Å². The van der Waals surface area contributed by atoms with Crippen LogP contribution in [-0.4, -0.2) is 52.3 Å². The molecular weight excluding hydrogens is 308 g/mol. The lowest BCUT2D eigenvalue weighted by molar-refractivity contribution is -0.0214. The monoisotopic (exact) mass is 328 g/mol. The molecule has 0 spiro atoms. The van der Waals surface area contributed by atoms with Gasteiger partial charge in [-0.05, 0) is 25.0 Å². The summed E-state index contributed by atoms with van der Waals surface area (Å²) in [5.74, 6) is -0.0179. The van der Waals surface area contributed by atoms with Crippen LogP contribution in [0.3, 0.4) is 0 Å². The summed E-state index contributed by atoms with van der Waals surface area (Å²) in [5, 5.41) is 6.62. The Morgan fingerprint density at radius 3 is 3.08 bits per heavy atom. The zero-order chi connectivity index (χ0) is 16.4. The number of carbonyl (C=O) groups excluding carboxylic acids is 1. The zero-order valence-electron chi connectivity index (χ0n) is 13.3. The van der Waals surface area contributed by atoms with Gasteiger partial charge in [-0.1, -0.05) is 11.2 Å². The predicted molar refractivity (Wildman–Crippen MR) is 85.2 cm³/mol. The van der Waals surface area contributed by atoms with Gasteiger partial charge in [-0.25, -0.2) is 0 Å². The van der Waals surface area contributed by atoms with Crippen molar-refractivity contribution in [2.45, 2.75) is 37.6 Å². The third-order valence-electron chi connectivity index (χ3n) is 4.70. The fourth-order valence-corrected chi connectivity index (χ4v) is 3.64. The first-order valence-corrected chi connectivity index (χ1v) is 8.28. The van der Waals surface area contributed by atoms with Crippen LogP contribution in [0.2, 0.25) is 0 Å². The average molecular weight is 328 g/mol. The number of rotatable bonds is 4. The molecule has 1 N–H and O–H groups in total. The van der Waals surface area contributed by atoms with Crippen LogP contribution in [-0.2, 0) is 11.3 Å². The van der Waals surface area contributed by atoms with Gasteiger partial charge in [0.1, 0.15) is 0 Å². The summed E-state index contributed by atoms with van der Waals surface area (Å²) in [7, 11) is 0. The molecule has 0 radical (unpaired) electrons. The molecule has 0 saturated carbocycles. The highest BCUT2D eigenvalue weighted by Crippen LogP contribution is 2.30. The summed E-state index contributed by atoms with van der Waals surface area (Å²) in [6.07, 6.45) is 5.41. The van der Waals surface area contributed by atoms with Gasteiger partial charge < -0.3 is 14.6 Å². The normalized spacial score (nSPS) is 26.9. The van der Waals surface area contributed by atoms with Crippen molar-refractivity contribution >= 4 is 5.91 Å². The van der Waals surface area contributed by atoms with Crippen LogP contribution in [0.1, 0.15) is 29.1 Å². The molecule has 2 aliphatic rings. The Morgan fingerprint density at radius 2 is 2.29 bits per heavy atom. The van der Waals surface area contributed by atoms with Gasteiger partial charge >= 0.3 is 0 Å². The molecule has 2 saturated heterocycles. The summed E-state index contributed by atoms with van der Waals surface area (Å²) in [6, 6.07) is 7.75. The van der Waals surface area contributed by atoms with Crippen LogP contribution < -0.4 is 5.32 Å². The third kappa shape index (κ3) is 3.05. The Bertz CT molecular complexity index is 676. The van der Waals surface area contributed by atoms with Crippen molar-refractivity contribution in [3.05, 3.63) is 48.1 Å². The van der Waals surface area contributed by atoms with Crippen LogP contribution in [0.5, 0.6) is 0 Å². The number of ether oxygens (including phenoxy) is 1. The molecule has 4 rings (SSSR count). The molecule has 0 bridgehead atoms. The highest BCUT2D eigenvalue weighted by molar-refractivity contribution is 5.91. The van der Waals surface area contributed by atoms with Crippen molar-refractivity contribution in [3.63, 3.8) is 0 Å². The van der Waals surface area contributed by atoms with Gasteiger partial charge in [-0.3, -0.25) is 14.7 Å². The van der Waals surface area contributed by atoms with E-state index in [1.165, 1.54) is 6.20 Å². The molecule has 126 valence electrons. The number of amides is 1. The molecule has 2 aliphatic heterocycles. The smallest absolute Gasteiger partial charge is 0.290 e. The maximum atomic E-state index is 12.3. The van der Waals surface area contributed by atoms with E-state index in [0.29, 0.717) is 6.04 Å². The van der Waals surface area contributed by atoms with E-state index in [4.69, 9.17) is 9.26 Å². The topological polar surface area (TPSA) is 80.5 Å². The van der Waals surface area contributed by atoms with E-state index in [-0.39, 0.29) is 23.8 Å². The van der Waals surface area contributed by atoms with Gasteiger partial charge in [-0.15, -0.1) is 0 Å². The summed E-state index contributed by atoms with van der Waals surface area (Å²) >= 11 is 0. The lowest BCUT2D eigenvalue weighted by Crippen LogP contribution is -2.47. The molecule has 7 heteroatoms. The number of hydrogen-bond acceptors (Lipinski definition) is 6. The Balaban J connectivity index is 1.48. The summed E-state index contributed by atoms with van der Waals surface area (Å²) in [4.78, 5) is 19.0. The molecule has 0 aromatic carbocycles. The van der Waals surface area contributed by atoms with Crippen molar-refractivity contribution in [2.24, 2.45) is 0 Å². The van der Waals surface area contributed by atoms with Crippen LogP contribution in [0.25, 0.3) is 0 Å². The molecular formula is C17H20N4O3. The van der Waals surface area contributed by atoms with Crippen molar-refractivity contribution in [3.8, 4) is 0 Å². The maximum absolute atomic E-state index is 12.3. The predicted octanol–water partition coefficient (Wildman–Crippen LogP) is 1.23. The molecule has 24 heavy (non-hydrogen) atoms. The number of nitrogens with zero attached hydrogens (tertiary/aromatic N) is 3. The van der Waals surface area contributed by atoms with E-state index in [1.807, 2.05) is 24.4 Å². The summed E-state index contributed by atoms with van der Waals surface area (Å²) < 4.78 is 10.9. The molecule has 2 aromatic heterocycles. The van der Waals surface area contributed by atoms with Gasteiger partial charge in [0.05, 0.1) is 24.0 Å². The highest BCUT2D eigenvalue weighted by atomic mass is 16.5. The first-order valence-electron chi connectivity index (χ1n) is 8.28. The maximum Gasteiger partial charge on any atom is 0.290 e. The number of hydrogen-bond donors (Lipinski definition) is 1. The van der Waals surface area contributed by atoms with Crippen molar-refractivity contribution in [1.82, 2.24) is 20.4 Å². The fraction of sp³-hybridized carbons (Fsp3) is 0.471. The SMILES string of the molecule is O=C(N[C@@H]1CN(Cc2ccccn2)[C@@H]2CCCO[C@@H]21)c1ccno1. The molecule has 7 nitrogen and oxygen atoms in total. The second-order valence-electron chi connectivity index (χ2n) is 6.25. The quantitative estimate of drug-likeness (QED) is 0.909. The standard InChI is InChI=1S/C17H20N4O3/c22-17(15-6-8-19-24-15)20-13-11-21(10-12-4-1-2-7-18-12)14-5-3-9-23-16(13)14/h1-2,4,6-8,13-14,16H,3,5,9-11H2,(H,20,22)/t13-,14-,16-/m1/s1. The number of aromatic nitrogens is 2. The Morgan fingerprint density at radius 1 is 1.33 bits per heavy atom. The van der Waals surface area contributed by atoms with E-state index >= 15 is 0 Å². The van der Waals surface area contributed by atoms with E-state index in [1.54, 1.807) is 6.07 Å². The third-order valence-corrected chi connectivity index (χ3v) is 4.70. The molecule has 3 atom stereocenters. The first-order chi connectivity index (χ1) is 11.8. The van der Waals surface area contributed by atoms with Crippen molar-refractivity contribution in [1.29, 1.82) is 0 Å². The van der Waals surface area contributed by atoms with Crippen molar-refractivity contribution in [2.75, 3.05) is 13.2 Å². The number of carbonyl (C=O) groups is 1. The highest BCUT2D eigenvalue weighted by Gasteiger charge is 2.44. The second kappa shape index (κ2) is 6.70. The summed E-state index contributed by atoms with van der Waals surface area (Å²) in [6.45, 7) is 2.25.